The average Bonchev–Trinajstić information content (AvgIpc) is 2.61. The largest absolute Gasteiger partial charge is 0.396 e. The number of nitrogens with two attached hydrogens (primary N) is 1. The Kier molecular flexibility index (Phi) is 3.66. The van der Waals surface area contributed by atoms with Gasteiger partial charge in [-0.2, -0.15) is 5.10 Å². The maximum atomic E-state index is 9.34. The highest BCUT2D eigenvalue weighted by atomic mass is 16.3. The molecular formula is C10H19N3O. The molecule has 0 amide bonds. The molecule has 4 heteroatoms. The highest BCUT2D eigenvalue weighted by molar-refractivity contribution is 5.07. The minimum Gasteiger partial charge on any atom is -0.396 e. The van der Waals surface area contributed by atoms with Gasteiger partial charge in [0.15, 0.2) is 0 Å². The Morgan fingerprint density at radius 2 is 2.36 bits per heavy atom. The smallest absolute Gasteiger partial charge is 0.0521 e. The van der Waals surface area contributed by atoms with Gasteiger partial charge in [-0.25, -0.2) is 0 Å². The van der Waals surface area contributed by atoms with Crippen LogP contribution in [0.3, 0.4) is 0 Å². The number of aliphatic hydroxyl groups excluding tert-OH is 1. The minimum atomic E-state index is -0.178. The van der Waals surface area contributed by atoms with Gasteiger partial charge < -0.3 is 10.8 Å². The van der Waals surface area contributed by atoms with Crippen LogP contribution < -0.4 is 5.73 Å². The third-order valence-corrected chi connectivity index (χ3v) is 2.86. The van der Waals surface area contributed by atoms with E-state index in [4.69, 9.17) is 5.73 Å². The summed E-state index contributed by atoms with van der Waals surface area (Å²) in [4.78, 5) is 0. The lowest BCUT2D eigenvalue weighted by atomic mass is 9.81. The second kappa shape index (κ2) is 4.57. The van der Waals surface area contributed by atoms with Crippen LogP contribution in [0.2, 0.25) is 0 Å². The molecule has 80 valence electrons. The first-order valence-corrected chi connectivity index (χ1v) is 4.94. The van der Waals surface area contributed by atoms with Crippen molar-refractivity contribution < 1.29 is 5.11 Å². The summed E-state index contributed by atoms with van der Waals surface area (Å²) < 4.78 is 1.77. The number of aliphatic hydroxyl groups is 1. The Hall–Kier alpha value is -0.870. The van der Waals surface area contributed by atoms with Crippen LogP contribution in [-0.2, 0) is 13.5 Å². The Balaban J connectivity index is 2.73. The summed E-state index contributed by atoms with van der Waals surface area (Å²) in [5.74, 6) is 0. The number of aryl methyl sites for hydroxylation is 1. The molecule has 1 rings (SSSR count). The first kappa shape index (κ1) is 11.2. The quantitative estimate of drug-likeness (QED) is 0.714. The van der Waals surface area contributed by atoms with Crippen molar-refractivity contribution in [3.8, 4) is 0 Å². The molecule has 0 aromatic carbocycles. The van der Waals surface area contributed by atoms with Crippen LogP contribution in [0.5, 0.6) is 0 Å². The van der Waals surface area contributed by atoms with E-state index >= 15 is 0 Å². The van der Waals surface area contributed by atoms with Crippen LogP contribution in [-0.4, -0.2) is 28.0 Å². The molecule has 1 heterocycles. The first-order chi connectivity index (χ1) is 6.65. The van der Waals surface area contributed by atoms with Crippen molar-refractivity contribution in [1.29, 1.82) is 0 Å². The molecule has 0 spiro atoms. The molecule has 0 fully saturated rings. The van der Waals surface area contributed by atoms with Gasteiger partial charge in [-0.15, -0.1) is 0 Å². The molecule has 0 saturated carbocycles. The maximum absolute atomic E-state index is 9.34. The van der Waals surface area contributed by atoms with Gasteiger partial charge in [-0.3, -0.25) is 4.68 Å². The molecule has 1 atom stereocenters. The van der Waals surface area contributed by atoms with Crippen molar-refractivity contribution >= 4 is 0 Å². The fourth-order valence-electron chi connectivity index (χ4n) is 1.57. The zero-order valence-corrected chi connectivity index (χ0v) is 8.90. The number of hydrogen-bond acceptors (Lipinski definition) is 3. The summed E-state index contributed by atoms with van der Waals surface area (Å²) >= 11 is 0. The Morgan fingerprint density at radius 1 is 1.64 bits per heavy atom. The van der Waals surface area contributed by atoms with E-state index in [1.807, 2.05) is 19.4 Å². The average molecular weight is 197 g/mol. The lowest BCUT2D eigenvalue weighted by Gasteiger charge is -2.28. The summed E-state index contributed by atoms with van der Waals surface area (Å²) in [6.07, 6.45) is 5.48. The molecule has 0 radical (unpaired) electrons. The molecule has 1 aromatic heterocycles. The van der Waals surface area contributed by atoms with E-state index in [9.17, 15) is 5.11 Å². The zero-order valence-electron chi connectivity index (χ0n) is 8.90. The number of aromatic nitrogens is 2. The molecular weight excluding hydrogens is 178 g/mol. The van der Waals surface area contributed by atoms with Crippen LogP contribution in [0, 0.1) is 5.41 Å². The Morgan fingerprint density at radius 3 is 2.71 bits per heavy atom. The first-order valence-electron chi connectivity index (χ1n) is 4.94. The fourth-order valence-corrected chi connectivity index (χ4v) is 1.57. The molecule has 0 aliphatic rings. The van der Waals surface area contributed by atoms with E-state index < -0.39 is 0 Å². The van der Waals surface area contributed by atoms with Gasteiger partial charge in [0.05, 0.1) is 12.8 Å². The second-order valence-electron chi connectivity index (χ2n) is 3.91. The van der Waals surface area contributed by atoms with E-state index in [2.05, 4.69) is 12.0 Å². The van der Waals surface area contributed by atoms with Crippen molar-refractivity contribution in [3.63, 3.8) is 0 Å². The number of rotatable bonds is 5. The molecule has 3 N–H and O–H groups in total. The maximum Gasteiger partial charge on any atom is 0.0521 e. The van der Waals surface area contributed by atoms with Crippen LogP contribution in [0.15, 0.2) is 12.4 Å². The van der Waals surface area contributed by atoms with Gasteiger partial charge in [0.1, 0.15) is 0 Å². The van der Waals surface area contributed by atoms with Gasteiger partial charge in [-0.1, -0.05) is 6.92 Å². The summed E-state index contributed by atoms with van der Waals surface area (Å²) in [7, 11) is 1.89. The summed E-state index contributed by atoms with van der Waals surface area (Å²) in [6.45, 7) is 2.70. The van der Waals surface area contributed by atoms with Crippen LogP contribution in [0.1, 0.15) is 18.9 Å². The molecule has 1 unspecified atom stereocenters. The number of hydrogen-bond donors (Lipinski definition) is 2. The van der Waals surface area contributed by atoms with E-state index in [1.54, 1.807) is 4.68 Å². The van der Waals surface area contributed by atoms with Crippen molar-refractivity contribution in [2.24, 2.45) is 18.2 Å². The van der Waals surface area contributed by atoms with E-state index in [0.717, 1.165) is 18.4 Å². The normalized spacial score (nSPS) is 15.4. The summed E-state index contributed by atoms with van der Waals surface area (Å²) in [6, 6.07) is 0. The fraction of sp³-hybridized carbons (Fsp3) is 0.700. The monoisotopic (exact) mass is 197 g/mol. The van der Waals surface area contributed by atoms with Gasteiger partial charge in [-0.05, 0) is 18.4 Å². The van der Waals surface area contributed by atoms with E-state index in [1.165, 1.54) is 0 Å². The molecule has 1 aromatic rings. The van der Waals surface area contributed by atoms with Crippen molar-refractivity contribution in [2.45, 2.75) is 19.8 Å². The molecule has 0 aliphatic heterocycles. The van der Waals surface area contributed by atoms with Crippen LogP contribution in [0.25, 0.3) is 0 Å². The summed E-state index contributed by atoms with van der Waals surface area (Å²) in [5.41, 5.74) is 6.65. The molecule has 0 saturated heterocycles. The third-order valence-electron chi connectivity index (χ3n) is 2.86. The topological polar surface area (TPSA) is 64.1 Å². The van der Waals surface area contributed by atoms with E-state index in [-0.39, 0.29) is 12.0 Å². The lowest BCUT2D eigenvalue weighted by molar-refractivity contribution is 0.127. The van der Waals surface area contributed by atoms with Gasteiger partial charge in [0.2, 0.25) is 0 Å². The standard InChI is InChI=1S/C10H19N3O/c1-3-10(7-11,8-14)4-9-5-12-13(2)6-9/h5-6,14H,3-4,7-8,11H2,1-2H3. The number of nitrogens with zero attached hydrogens (tertiary/aromatic N) is 2. The van der Waals surface area contributed by atoms with Crippen LogP contribution in [0.4, 0.5) is 0 Å². The molecule has 14 heavy (non-hydrogen) atoms. The van der Waals surface area contributed by atoms with Crippen LogP contribution >= 0.6 is 0 Å². The molecule has 0 aliphatic carbocycles. The van der Waals surface area contributed by atoms with Gasteiger partial charge in [0, 0.05) is 25.2 Å². The van der Waals surface area contributed by atoms with Crippen molar-refractivity contribution in [3.05, 3.63) is 18.0 Å². The minimum absolute atomic E-state index is 0.134. The Labute approximate surface area is 84.7 Å². The highest BCUT2D eigenvalue weighted by Gasteiger charge is 2.26. The Bertz CT molecular complexity index is 270. The zero-order chi connectivity index (χ0) is 10.6. The predicted molar refractivity (Wildman–Crippen MR) is 55.8 cm³/mol. The predicted octanol–water partition coefficient (Wildman–Crippen LogP) is 0.310. The van der Waals surface area contributed by atoms with Crippen molar-refractivity contribution in [1.82, 2.24) is 9.78 Å². The molecule has 4 nitrogen and oxygen atoms in total. The highest BCUT2D eigenvalue weighted by Crippen LogP contribution is 2.24. The lowest BCUT2D eigenvalue weighted by Crippen LogP contribution is -2.35. The third kappa shape index (κ3) is 2.33. The van der Waals surface area contributed by atoms with Gasteiger partial charge >= 0.3 is 0 Å². The van der Waals surface area contributed by atoms with Crippen molar-refractivity contribution in [2.75, 3.05) is 13.2 Å². The molecule has 0 bridgehead atoms. The second-order valence-corrected chi connectivity index (χ2v) is 3.91. The summed E-state index contributed by atoms with van der Waals surface area (Å²) in [5, 5.41) is 13.4. The SMILES string of the molecule is CCC(CN)(CO)Cc1cnn(C)c1. The van der Waals surface area contributed by atoms with Gasteiger partial charge in [0.25, 0.3) is 0 Å². The van der Waals surface area contributed by atoms with E-state index in [0.29, 0.717) is 6.54 Å².